The summed E-state index contributed by atoms with van der Waals surface area (Å²) in [6, 6.07) is 2.00. The molecule has 0 aromatic carbocycles. The summed E-state index contributed by atoms with van der Waals surface area (Å²) in [4.78, 5) is 11.5. The number of hydrogen-bond donors (Lipinski definition) is 1. The van der Waals surface area contributed by atoms with Crippen molar-refractivity contribution < 1.29 is 0 Å². The highest BCUT2D eigenvalue weighted by Crippen LogP contribution is 2.38. The Morgan fingerprint density at radius 2 is 2.14 bits per heavy atom. The lowest BCUT2D eigenvalue weighted by Gasteiger charge is -2.45. The average Bonchev–Trinajstić information content (AvgIpc) is 3.30. The van der Waals surface area contributed by atoms with Gasteiger partial charge in [0, 0.05) is 24.2 Å². The van der Waals surface area contributed by atoms with Crippen molar-refractivity contribution in [2.75, 3.05) is 26.0 Å². The van der Waals surface area contributed by atoms with Crippen LogP contribution in [0, 0.1) is 5.92 Å². The van der Waals surface area contributed by atoms with E-state index in [2.05, 4.69) is 41.2 Å². The first-order valence-electron chi connectivity index (χ1n) is 8.33. The lowest BCUT2D eigenvalue weighted by atomic mass is 9.75. The minimum Gasteiger partial charge on any atom is -0.368 e. The van der Waals surface area contributed by atoms with E-state index in [1.54, 1.807) is 0 Å². The van der Waals surface area contributed by atoms with E-state index in [0.717, 1.165) is 24.1 Å². The predicted molar refractivity (Wildman–Crippen MR) is 86.5 cm³/mol. The first kappa shape index (κ1) is 14.8. The fourth-order valence-electron chi connectivity index (χ4n) is 3.62. The van der Waals surface area contributed by atoms with Crippen LogP contribution in [-0.4, -0.2) is 41.0 Å². The van der Waals surface area contributed by atoms with E-state index in [9.17, 15) is 0 Å². The minimum atomic E-state index is 0.266. The molecule has 0 spiro atoms. The number of hydrogen-bond acceptors (Lipinski definition) is 4. The molecule has 2 atom stereocenters. The molecular formula is C17H28N4. The second-order valence-corrected chi connectivity index (χ2v) is 7.25. The maximum atomic E-state index is 4.69. The van der Waals surface area contributed by atoms with Gasteiger partial charge in [-0.2, -0.15) is 0 Å². The standard InChI is InChI=1S/C17H28N4/c1-13-5-4-9-17(11-13,21(2)3)12-19-15-8-10-18-16(20-15)14-6-7-14/h8,10,13-14H,4-7,9,11-12H2,1-3H3,(H,18,19,20). The zero-order valence-electron chi connectivity index (χ0n) is 13.6. The van der Waals surface area contributed by atoms with Gasteiger partial charge >= 0.3 is 0 Å². The van der Waals surface area contributed by atoms with Gasteiger partial charge in [0.15, 0.2) is 0 Å². The molecule has 116 valence electrons. The number of rotatable bonds is 5. The van der Waals surface area contributed by atoms with E-state index in [1.165, 1.54) is 38.5 Å². The predicted octanol–water partition coefficient (Wildman–Crippen LogP) is 3.28. The molecule has 1 aromatic rings. The van der Waals surface area contributed by atoms with Crippen LogP contribution in [0.15, 0.2) is 12.3 Å². The van der Waals surface area contributed by atoms with Crippen molar-refractivity contribution in [3.05, 3.63) is 18.1 Å². The molecule has 2 aliphatic carbocycles. The minimum absolute atomic E-state index is 0.266. The average molecular weight is 288 g/mol. The quantitative estimate of drug-likeness (QED) is 0.903. The van der Waals surface area contributed by atoms with Crippen molar-refractivity contribution in [2.24, 2.45) is 5.92 Å². The van der Waals surface area contributed by atoms with Crippen LogP contribution in [0.3, 0.4) is 0 Å². The Balaban J connectivity index is 1.67. The topological polar surface area (TPSA) is 41.1 Å². The second-order valence-electron chi connectivity index (χ2n) is 7.25. The van der Waals surface area contributed by atoms with E-state index in [4.69, 9.17) is 0 Å². The lowest BCUT2D eigenvalue weighted by molar-refractivity contribution is 0.0881. The molecule has 2 saturated carbocycles. The molecular weight excluding hydrogens is 260 g/mol. The highest BCUT2D eigenvalue weighted by atomic mass is 15.2. The number of aromatic nitrogens is 2. The summed E-state index contributed by atoms with van der Waals surface area (Å²) in [5, 5.41) is 3.59. The number of likely N-dealkylation sites (N-methyl/N-ethyl adjacent to an activating group) is 1. The summed E-state index contributed by atoms with van der Waals surface area (Å²) in [6.07, 6.45) is 9.65. The Morgan fingerprint density at radius 3 is 2.81 bits per heavy atom. The highest BCUT2D eigenvalue weighted by molar-refractivity contribution is 5.34. The molecule has 0 amide bonds. The molecule has 2 aliphatic rings. The van der Waals surface area contributed by atoms with Crippen LogP contribution in [0.4, 0.5) is 5.82 Å². The van der Waals surface area contributed by atoms with Gasteiger partial charge in [0.2, 0.25) is 0 Å². The molecule has 1 aromatic heterocycles. The van der Waals surface area contributed by atoms with Crippen LogP contribution in [0.25, 0.3) is 0 Å². The van der Waals surface area contributed by atoms with Crippen molar-refractivity contribution in [1.29, 1.82) is 0 Å². The Morgan fingerprint density at radius 1 is 1.33 bits per heavy atom. The summed E-state index contributed by atoms with van der Waals surface area (Å²) < 4.78 is 0. The molecule has 4 heteroatoms. The van der Waals surface area contributed by atoms with E-state index in [0.29, 0.717) is 5.92 Å². The Kier molecular flexibility index (Phi) is 4.16. The number of anilines is 1. The van der Waals surface area contributed by atoms with Crippen LogP contribution in [0.1, 0.15) is 57.2 Å². The Labute approximate surface area is 128 Å². The first-order chi connectivity index (χ1) is 10.1. The third-order valence-electron chi connectivity index (χ3n) is 5.23. The molecule has 21 heavy (non-hydrogen) atoms. The van der Waals surface area contributed by atoms with Crippen molar-refractivity contribution in [3.8, 4) is 0 Å². The maximum Gasteiger partial charge on any atom is 0.133 e. The van der Waals surface area contributed by atoms with Crippen molar-refractivity contribution in [1.82, 2.24) is 14.9 Å². The molecule has 2 fully saturated rings. The summed E-state index contributed by atoms with van der Waals surface area (Å²) in [7, 11) is 4.44. The Bertz CT molecular complexity index is 483. The van der Waals surface area contributed by atoms with Crippen LogP contribution in [0.5, 0.6) is 0 Å². The van der Waals surface area contributed by atoms with Crippen LogP contribution in [-0.2, 0) is 0 Å². The van der Waals surface area contributed by atoms with Gasteiger partial charge in [-0.1, -0.05) is 19.8 Å². The number of nitrogens with one attached hydrogen (secondary N) is 1. The van der Waals surface area contributed by atoms with Gasteiger partial charge in [-0.05, 0) is 51.8 Å². The van der Waals surface area contributed by atoms with Crippen LogP contribution < -0.4 is 5.32 Å². The molecule has 0 radical (unpaired) electrons. The third kappa shape index (κ3) is 3.37. The lowest BCUT2D eigenvalue weighted by Crippen LogP contribution is -2.52. The fraction of sp³-hybridized carbons (Fsp3) is 0.765. The van der Waals surface area contributed by atoms with Gasteiger partial charge in [-0.25, -0.2) is 9.97 Å². The SMILES string of the molecule is CC1CCCC(CNc2ccnc(C3CC3)n2)(N(C)C)C1. The van der Waals surface area contributed by atoms with Crippen molar-refractivity contribution in [3.63, 3.8) is 0 Å². The van der Waals surface area contributed by atoms with E-state index >= 15 is 0 Å². The summed E-state index contributed by atoms with van der Waals surface area (Å²) >= 11 is 0. The second kappa shape index (κ2) is 5.91. The molecule has 1 N–H and O–H groups in total. The van der Waals surface area contributed by atoms with E-state index in [-0.39, 0.29) is 5.54 Å². The largest absolute Gasteiger partial charge is 0.368 e. The highest BCUT2D eigenvalue weighted by Gasteiger charge is 2.36. The molecule has 4 nitrogen and oxygen atoms in total. The van der Waals surface area contributed by atoms with Gasteiger partial charge in [0.05, 0.1) is 0 Å². The zero-order chi connectivity index (χ0) is 14.9. The number of nitrogens with zero attached hydrogens (tertiary/aromatic N) is 3. The van der Waals surface area contributed by atoms with Gasteiger partial charge in [-0.15, -0.1) is 0 Å². The van der Waals surface area contributed by atoms with Gasteiger partial charge in [-0.3, -0.25) is 0 Å². The van der Waals surface area contributed by atoms with Gasteiger partial charge in [0.1, 0.15) is 11.6 Å². The smallest absolute Gasteiger partial charge is 0.133 e. The molecule has 3 rings (SSSR count). The summed E-state index contributed by atoms with van der Waals surface area (Å²) in [6.45, 7) is 3.36. The van der Waals surface area contributed by atoms with Gasteiger partial charge < -0.3 is 10.2 Å². The molecule has 0 bridgehead atoms. The monoisotopic (exact) mass is 288 g/mol. The molecule has 0 saturated heterocycles. The third-order valence-corrected chi connectivity index (χ3v) is 5.23. The van der Waals surface area contributed by atoms with Crippen molar-refractivity contribution in [2.45, 2.75) is 56.9 Å². The van der Waals surface area contributed by atoms with Crippen LogP contribution >= 0.6 is 0 Å². The normalized spacial score (nSPS) is 29.6. The van der Waals surface area contributed by atoms with E-state index < -0.39 is 0 Å². The maximum absolute atomic E-state index is 4.69. The zero-order valence-corrected chi connectivity index (χ0v) is 13.6. The first-order valence-corrected chi connectivity index (χ1v) is 8.33. The van der Waals surface area contributed by atoms with Gasteiger partial charge in [0.25, 0.3) is 0 Å². The molecule has 1 heterocycles. The Hall–Kier alpha value is -1.16. The van der Waals surface area contributed by atoms with Crippen molar-refractivity contribution >= 4 is 5.82 Å². The fourth-order valence-corrected chi connectivity index (χ4v) is 3.62. The molecule has 0 aliphatic heterocycles. The van der Waals surface area contributed by atoms with Crippen LogP contribution in [0.2, 0.25) is 0 Å². The summed E-state index contributed by atoms with van der Waals surface area (Å²) in [5.74, 6) is 3.45. The van der Waals surface area contributed by atoms with E-state index in [1.807, 2.05) is 12.3 Å². The molecule has 2 unspecified atom stereocenters. The summed E-state index contributed by atoms with van der Waals surface area (Å²) in [5.41, 5.74) is 0.266.